The predicted octanol–water partition coefficient (Wildman–Crippen LogP) is 4.28. The average molecular weight is 435 g/mol. The largest absolute Gasteiger partial charge is 0.529 e. The first-order valence-electron chi connectivity index (χ1n) is 10.6. The van der Waals surface area contributed by atoms with Gasteiger partial charge in [-0.25, -0.2) is 4.57 Å². The van der Waals surface area contributed by atoms with Crippen molar-refractivity contribution >= 4 is 7.82 Å². The lowest BCUT2D eigenvalue weighted by Gasteiger charge is -2.40. The van der Waals surface area contributed by atoms with Gasteiger partial charge in [-0.05, 0) is 63.0 Å². The summed E-state index contributed by atoms with van der Waals surface area (Å²) in [5.74, 6) is 2.18. The molecule has 1 saturated carbocycles. The summed E-state index contributed by atoms with van der Waals surface area (Å²) in [7, 11) is 1.92. The number of phosphoric ester groups is 1. The highest BCUT2D eigenvalue weighted by atomic mass is 31.2. The maximum absolute atomic E-state index is 12.9. The van der Waals surface area contributed by atoms with Crippen molar-refractivity contribution in [2.75, 3.05) is 41.0 Å². The van der Waals surface area contributed by atoms with Crippen LogP contribution in [0.4, 0.5) is 0 Å². The van der Waals surface area contributed by atoms with Crippen molar-refractivity contribution < 1.29 is 27.6 Å². The standard InChI is InChI=1S/C22H30NO6P/c1-23-11-10-22(16-4-5-18(25-2)19(12-16)26-3)7-6-17(13-20(22)23)29-30(24)27-14-21(8-9-21)15-28-30/h4-5,12-13,20H,6-11,14-15H2,1-3H3. The molecule has 2 heterocycles. The summed E-state index contributed by atoms with van der Waals surface area (Å²) < 4.78 is 40.9. The van der Waals surface area contributed by atoms with E-state index in [2.05, 4.69) is 30.2 Å². The van der Waals surface area contributed by atoms with Gasteiger partial charge in [0.15, 0.2) is 11.5 Å². The van der Waals surface area contributed by atoms with Gasteiger partial charge < -0.3 is 14.0 Å². The van der Waals surface area contributed by atoms with Crippen LogP contribution in [0.1, 0.15) is 37.7 Å². The summed E-state index contributed by atoms with van der Waals surface area (Å²) in [4.78, 5) is 2.33. The summed E-state index contributed by atoms with van der Waals surface area (Å²) in [5, 5.41) is 0. The van der Waals surface area contributed by atoms with Gasteiger partial charge in [0.2, 0.25) is 0 Å². The molecular formula is C22H30NO6P. The van der Waals surface area contributed by atoms with E-state index in [1.165, 1.54) is 5.56 Å². The molecule has 0 amide bonds. The van der Waals surface area contributed by atoms with E-state index >= 15 is 0 Å². The van der Waals surface area contributed by atoms with Crippen LogP contribution in [0.15, 0.2) is 30.0 Å². The minimum absolute atomic E-state index is 0.0397. The first-order valence-corrected chi connectivity index (χ1v) is 12.1. The molecule has 1 aromatic rings. The van der Waals surface area contributed by atoms with E-state index in [1.807, 2.05) is 6.07 Å². The Morgan fingerprint density at radius 1 is 1.07 bits per heavy atom. The highest BCUT2D eigenvalue weighted by molar-refractivity contribution is 7.48. The Kier molecular flexibility index (Phi) is 4.93. The van der Waals surface area contributed by atoms with Crippen LogP contribution in [0.3, 0.4) is 0 Å². The molecule has 3 fully saturated rings. The zero-order valence-corrected chi connectivity index (χ0v) is 18.8. The van der Waals surface area contributed by atoms with Crippen LogP contribution in [-0.2, 0) is 23.6 Å². The molecule has 2 aliphatic carbocycles. The number of ether oxygens (including phenoxy) is 2. The number of hydrogen-bond donors (Lipinski definition) is 0. The highest BCUT2D eigenvalue weighted by Gasteiger charge is 2.53. The molecule has 164 valence electrons. The molecule has 0 bridgehead atoms. The smallest absolute Gasteiger partial charge is 0.493 e. The lowest BCUT2D eigenvalue weighted by molar-refractivity contribution is 0.0373. The van der Waals surface area contributed by atoms with Gasteiger partial charge in [0.05, 0.1) is 27.4 Å². The first-order chi connectivity index (χ1) is 14.4. The van der Waals surface area contributed by atoms with E-state index < -0.39 is 7.82 Å². The molecule has 1 aromatic carbocycles. The van der Waals surface area contributed by atoms with Gasteiger partial charge in [-0.15, -0.1) is 0 Å². The summed E-state index contributed by atoms with van der Waals surface area (Å²) in [5.41, 5.74) is 1.28. The second-order valence-corrected chi connectivity index (χ2v) is 10.7. The van der Waals surface area contributed by atoms with Crippen molar-refractivity contribution in [2.45, 2.75) is 43.6 Å². The minimum atomic E-state index is -3.52. The minimum Gasteiger partial charge on any atom is -0.493 e. The summed E-state index contributed by atoms with van der Waals surface area (Å²) in [6.07, 6.45) is 6.91. The number of benzene rings is 1. The van der Waals surface area contributed by atoms with Crippen molar-refractivity contribution in [3.05, 3.63) is 35.6 Å². The Hall–Kier alpha value is -1.53. The maximum atomic E-state index is 12.9. The lowest BCUT2D eigenvalue weighted by atomic mass is 9.68. The Morgan fingerprint density at radius 2 is 1.80 bits per heavy atom. The molecule has 2 atom stereocenters. The Bertz CT molecular complexity index is 899. The number of likely N-dealkylation sites (N-methyl/N-ethyl adjacent to an activating group) is 1. The fraction of sp³-hybridized carbons (Fsp3) is 0.636. The monoisotopic (exact) mass is 435 g/mol. The van der Waals surface area contributed by atoms with Gasteiger partial charge in [-0.1, -0.05) is 6.07 Å². The highest BCUT2D eigenvalue weighted by Crippen LogP contribution is 2.63. The molecule has 2 saturated heterocycles. The van der Waals surface area contributed by atoms with E-state index in [9.17, 15) is 4.57 Å². The zero-order valence-electron chi connectivity index (χ0n) is 17.9. The van der Waals surface area contributed by atoms with Crippen LogP contribution >= 0.6 is 7.82 Å². The number of fused-ring (bicyclic) bond motifs is 1. The van der Waals surface area contributed by atoms with Crippen LogP contribution in [0.25, 0.3) is 0 Å². The molecule has 5 rings (SSSR count). The zero-order chi connectivity index (χ0) is 21.0. The van der Waals surface area contributed by atoms with Gasteiger partial charge >= 0.3 is 7.82 Å². The molecule has 1 spiro atoms. The summed E-state index contributed by atoms with van der Waals surface area (Å²) in [6.45, 7) is 1.92. The molecular weight excluding hydrogens is 405 g/mol. The van der Waals surface area contributed by atoms with Crippen LogP contribution in [-0.4, -0.2) is 52.0 Å². The second-order valence-electron chi connectivity index (χ2n) is 9.12. The van der Waals surface area contributed by atoms with Crippen molar-refractivity contribution in [2.24, 2.45) is 5.41 Å². The van der Waals surface area contributed by atoms with E-state index in [0.717, 1.165) is 43.7 Å². The molecule has 30 heavy (non-hydrogen) atoms. The van der Waals surface area contributed by atoms with Crippen molar-refractivity contribution in [3.63, 3.8) is 0 Å². The second kappa shape index (κ2) is 7.27. The normalized spacial score (nSPS) is 31.7. The van der Waals surface area contributed by atoms with Gasteiger partial charge in [0.25, 0.3) is 0 Å². The van der Waals surface area contributed by atoms with Crippen LogP contribution in [0.2, 0.25) is 0 Å². The third kappa shape index (κ3) is 3.36. The van der Waals surface area contributed by atoms with E-state index in [4.69, 9.17) is 23.0 Å². The third-order valence-corrected chi connectivity index (χ3v) is 8.66. The van der Waals surface area contributed by atoms with Crippen LogP contribution in [0.5, 0.6) is 11.5 Å². The average Bonchev–Trinajstić information content (AvgIpc) is 3.46. The number of nitrogens with zero attached hydrogens (tertiary/aromatic N) is 1. The number of likely N-dealkylation sites (tertiary alicyclic amines) is 1. The maximum Gasteiger partial charge on any atom is 0.529 e. The van der Waals surface area contributed by atoms with E-state index in [-0.39, 0.29) is 16.9 Å². The Balaban J connectivity index is 1.39. The van der Waals surface area contributed by atoms with E-state index in [1.54, 1.807) is 14.2 Å². The van der Waals surface area contributed by atoms with Crippen molar-refractivity contribution in [1.82, 2.24) is 4.90 Å². The fourth-order valence-corrected chi connectivity index (χ4v) is 6.59. The number of allylic oxidation sites excluding steroid dienone is 1. The Morgan fingerprint density at radius 3 is 2.47 bits per heavy atom. The number of hydrogen-bond acceptors (Lipinski definition) is 7. The molecule has 7 nitrogen and oxygen atoms in total. The molecule has 4 aliphatic rings. The number of rotatable bonds is 5. The third-order valence-electron chi connectivity index (χ3n) is 7.32. The lowest BCUT2D eigenvalue weighted by Crippen LogP contribution is -2.42. The molecule has 0 radical (unpaired) electrons. The van der Waals surface area contributed by atoms with Crippen LogP contribution < -0.4 is 9.47 Å². The van der Waals surface area contributed by atoms with Gasteiger partial charge in [0.1, 0.15) is 5.76 Å². The molecule has 2 aliphatic heterocycles. The molecule has 2 unspecified atom stereocenters. The van der Waals surface area contributed by atoms with Crippen molar-refractivity contribution in [1.29, 1.82) is 0 Å². The topological polar surface area (TPSA) is 66.5 Å². The Labute approximate surface area is 177 Å². The van der Waals surface area contributed by atoms with Crippen molar-refractivity contribution in [3.8, 4) is 11.5 Å². The first kappa shape index (κ1) is 20.4. The van der Waals surface area contributed by atoms with E-state index in [0.29, 0.717) is 25.4 Å². The predicted molar refractivity (Wildman–Crippen MR) is 112 cm³/mol. The summed E-state index contributed by atoms with van der Waals surface area (Å²) >= 11 is 0. The molecule has 0 N–H and O–H groups in total. The SMILES string of the molecule is COc1ccc(C23CCC(OP4(=O)OCC5(CC5)CO4)=CC2N(C)CC3)cc1OC. The fourth-order valence-electron chi connectivity index (χ4n) is 5.10. The quantitative estimate of drug-likeness (QED) is 0.640. The van der Waals surface area contributed by atoms with Crippen LogP contribution in [0, 0.1) is 5.41 Å². The number of phosphoric acid groups is 1. The van der Waals surface area contributed by atoms with Gasteiger partial charge in [-0.3, -0.25) is 13.9 Å². The number of methoxy groups -OCH3 is 2. The summed E-state index contributed by atoms with van der Waals surface area (Å²) in [6, 6.07) is 6.35. The molecule has 0 aromatic heterocycles. The van der Waals surface area contributed by atoms with Gasteiger partial charge in [-0.2, -0.15) is 0 Å². The van der Waals surface area contributed by atoms with Gasteiger partial charge in [0, 0.05) is 23.3 Å². The molecule has 8 heteroatoms.